The highest BCUT2D eigenvalue weighted by molar-refractivity contribution is 5.94. The molecule has 1 aliphatic heterocycles. The zero-order valence-electron chi connectivity index (χ0n) is 13.5. The summed E-state index contributed by atoms with van der Waals surface area (Å²) >= 11 is 0. The van der Waals surface area contributed by atoms with E-state index in [1.165, 1.54) is 17.3 Å². The van der Waals surface area contributed by atoms with E-state index in [-0.39, 0.29) is 12.5 Å². The minimum Gasteiger partial charge on any atom is -0.387 e. The van der Waals surface area contributed by atoms with Gasteiger partial charge < -0.3 is 15.3 Å². The molecule has 0 radical (unpaired) electrons. The number of nitriles is 1. The number of carbonyl (C=O) groups is 1. The Morgan fingerprint density at radius 2 is 2.21 bits per heavy atom. The summed E-state index contributed by atoms with van der Waals surface area (Å²) in [6, 6.07) is 14.4. The number of hydrogen-bond donors (Lipinski definition) is 2. The average molecular weight is 321 g/mol. The second-order valence-corrected chi connectivity index (χ2v) is 5.98. The van der Waals surface area contributed by atoms with E-state index in [4.69, 9.17) is 5.26 Å². The van der Waals surface area contributed by atoms with E-state index in [1.807, 2.05) is 24.3 Å². The Balaban J connectivity index is 1.64. The molecule has 2 aromatic carbocycles. The van der Waals surface area contributed by atoms with E-state index in [1.54, 1.807) is 18.2 Å². The van der Waals surface area contributed by atoms with Crippen LogP contribution in [0.15, 0.2) is 42.5 Å². The Labute approximate surface area is 141 Å². The van der Waals surface area contributed by atoms with Crippen molar-refractivity contribution < 1.29 is 9.90 Å². The van der Waals surface area contributed by atoms with Gasteiger partial charge in [-0.05, 0) is 41.8 Å². The third-order valence-electron chi connectivity index (χ3n) is 4.33. The predicted molar refractivity (Wildman–Crippen MR) is 91.9 cm³/mol. The molecule has 0 fully saturated rings. The van der Waals surface area contributed by atoms with Crippen LogP contribution in [0.3, 0.4) is 0 Å². The van der Waals surface area contributed by atoms with Crippen LogP contribution in [0, 0.1) is 11.3 Å². The lowest BCUT2D eigenvalue weighted by Crippen LogP contribution is -2.28. The predicted octanol–water partition coefficient (Wildman–Crippen LogP) is 2.01. The van der Waals surface area contributed by atoms with E-state index >= 15 is 0 Å². The van der Waals surface area contributed by atoms with Crippen LogP contribution in [0.25, 0.3) is 0 Å². The second kappa shape index (κ2) is 6.73. The minimum absolute atomic E-state index is 0.129. The largest absolute Gasteiger partial charge is 0.387 e. The Hall–Kier alpha value is -2.84. The number of carbonyl (C=O) groups excluding carboxylic acids is 1. The summed E-state index contributed by atoms with van der Waals surface area (Å²) in [5.74, 6) is -0.299. The summed E-state index contributed by atoms with van der Waals surface area (Å²) in [4.78, 5) is 14.3. The van der Waals surface area contributed by atoms with E-state index in [2.05, 4.69) is 17.3 Å². The number of hydrogen-bond acceptors (Lipinski definition) is 4. The Kier molecular flexibility index (Phi) is 4.50. The van der Waals surface area contributed by atoms with E-state index in [9.17, 15) is 9.90 Å². The molecule has 1 aliphatic rings. The maximum atomic E-state index is 12.1. The monoisotopic (exact) mass is 321 g/mol. The van der Waals surface area contributed by atoms with Gasteiger partial charge in [0.05, 0.1) is 17.7 Å². The summed E-state index contributed by atoms with van der Waals surface area (Å²) in [6.07, 6.45) is 0.212. The fourth-order valence-electron chi connectivity index (χ4n) is 2.93. The van der Waals surface area contributed by atoms with Crippen molar-refractivity contribution in [2.45, 2.75) is 12.5 Å². The molecule has 3 rings (SSSR count). The maximum absolute atomic E-state index is 12.1. The molecule has 1 amide bonds. The molecule has 2 aromatic rings. The third-order valence-corrected chi connectivity index (χ3v) is 4.33. The van der Waals surface area contributed by atoms with Gasteiger partial charge >= 0.3 is 0 Å². The van der Waals surface area contributed by atoms with Crippen molar-refractivity contribution in [2.75, 3.05) is 25.0 Å². The first-order chi connectivity index (χ1) is 11.6. The van der Waals surface area contributed by atoms with Gasteiger partial charge in [0.1, 0.15) is 0 Å². The van der Waals surface area contributed by atoms with Crippen LogP contribution in [0.2, 0.25) is 0 Å². The standard InChI is InChI=1S/C19H19N3O2/c1-22-8-7-14-10-15(5-6-17(14)22)18(23)12-21-19(24)16-4-2-3-13(9-16)11-20/h2-6,9-10,18,23H,7-8,12H2,1H3,(H,21,24). The lowest BCUT2D eigenvalue weighted by atomic mass is 10.0. The molecule has 1 atom stereocenters. The molecule has 2 N–H and O–H groups in total. The molecule has 0 aliphatic carbocycles. The maximum Gasteiger partial charge on any atom is 0.251 e. The van der Waals surface area contributed by atoms with Gasteiger partial charge in [-0.3, -0.25) is 4.79 Å². The smallest absolute Gasteiger partial charge is 0.251 e. The number of nitrogens with zero attached hydrogens (tertiary/aromatic N) is 2. The highest BCUT2D eigenvalue weighted by Gasteiger charge is 2.18. The number of benzene rings is 2. The minimum atomic E-state index is -0.760. The molecule has 0 bridgehead atoms. The number of likely N-dealkylation sites (N-methyl/N-ethyl adjacent to an activating group) is 1. The van der Waals surface area contributed by atoms with E-state index in [0.29, 0.717) is 11.1 Å². The molecular weight excluding hydrogens is 302 g/mol. The van der Waals surface area contributed by atoms with Gasteiger partial charge in [0.25, 0.3) is 5.91 Å². The number of nitrogens with one attached hydrogen (secondary N) is 1. The van der Waals surface area contributed by atoms with Crippen LogP contribution in [-0.2, 0) is 6.42 Å². The van der Waals surface area contributed by atoms with Gasteiger partial charge in [-0.15, -0.1) is 0 Å². The van der Waals surface area contributed by atoms with E-state index in [0.717, 1.165) is 18.5 Å². The zero-order chi connectivity index (χ0) is 17.1. The van der Waals surface area contributed by atoms with Crippen molar-refractivity contribution >= 4 is 11.6 Å². The van der Waals surface area contributed by atoms with Crippen LogP contribution in [0.5, 0.6) is 0 Å². The van der Waals surface area contributed by atoms with Crippen molar-refractivity contribution in [1.29, 1.82) is 5.26 Å². The van der Waals surface area contributed by atoms with Gasteiger partial charge in [-0.1, -0.05) is 18.2 Å². The van der Waals surface area contributed by atoms with Crippen LogP contribution < -0.4 is 10.2 Å². The van der Waals surface area contributed by atoms with Crippen molar-refractivity contribution in [3.63, 3.8) is 0 Å². The Morgan fingerprint density at radius 1 is 1.38 bits per heavy atom. The molecule has 0 saturated heterocycles. The van der Waals surface area contributed by atoms with Gasteiger partial charge in [0, 0.05) is 31.4 Å². The van der Waals surface area contributed by atoms with Gasteiger partial charge in [-0.2, -0.15) is 5.26 Å². The lowest BCUT2D eigenvalue weighted by Gasteiger charge is -2.15. The number of amides is 1. The molecular formula is C19H19N3O2. The summed E-state index contributed by atoms with van der Waals surface area (Å²) in [5.41, 5.74) is 4.07. The first-order valence-electron chi connectivity index (χ1n) is 7.89. The summed E-state index contributed by atoms with van der Waals surface area (Å²) in [7, 11) is 2.05. The third kappa shape index (κ3) is 3.24. The summed E-state index contributed by atoms with van der Waals surface area (Å²) in [6.45, 7) is 1.12. The molecule has 122 valence electrons. The number of fused-ring (bicyclic) bond motifs is 1. The van der Waals surface area contributed by atoms with E-state index < -0.39 is 6.10 Å². The second-order valence-electron chi connectivity index (χ2n) is 5.98. The molecule has 5 nitrogen and oxygen atoms in total. The van der Waals surface area contributed by atoms with Crippen molar-refractivity contribution in [3.05, 3.63) is 64.7 Å². The fourth-order valence-corrected chi connectivity index (χ4v) is 2.93. The molecule has 0 saturated carbocycles. The van der Waals surface area contributed by atoms with Crippen LogP contribution in [0.1, 0.15) is 33.2 Å². The molecule has 5 heteroatoms. The van der Waals surface area contributed by atoms with Gasteiger partial charge in [0.2, 0.25) is 0 Å². The molecule has 0 aromatic heterocycles. The molecule has 1 heterocycles. The summed E-state index contributed by atoms with van der Waals surface area (Å²) in [5, 5.41) is 21.9. The van der Waals surface area contributed by atoms with Crippen molar-refractivity contribution in [2.24, 2.45) is 0 Å². The summed E-state index contributed by atoms with van der Waals surface area (Å²) < 4.78 is 0. The first kappa shape index (κ1) is 16.0. The average Bonchev–Trinajstić information content (AvgIpc) is 2.99. The number of anilines is 1. The molecule has 1 unspecified atom stereocenters. The number of rotatable bonds is 4. The fraction of sp³-hybridized carbons (Fsp3) is 0.263. The normalized spacial score (nSPS) is 14.0. The first-order valence-corrected chi connectivity index (χ1v) is 7.89. The Bertz CT molecular complexity index is 810. The quantitative estimate of drug-likeness (QED) is 0.903. The SMILES string of the molecule is CN1CCc2cc(C(O)CNC(=O)c3cccc(C#N)c3)ccc21. The number of aliphatic hydroxyl groups is 1. The van der Waals surface area contributed by atoms with Crippen LogP contribution in [-0.4, -0.2) is 31.2 Å². The van der Waals surface area contributed by atoms with Crippen LogP contribution >= 0.6 is 0 Å². The Morgan fingerprint density at radius 3 is 3.00 bits per heavy atom. The molecule has 24 heavy (non-hydrogen) atoms. The van der Waals surface area contributed by atoms with Gasteiger partial charge in [-0.25, -0.2) is 0 Å². The van der Waals surface area contributed by atoms with Crippen LogP contribution in [0.4, 0.5) is 5.69 Å². The highest BCUT2D eigenvalue weighted by atomic mass is 16.3. The van der Waals surface area contributed by atoms with Crippen molar-refractivity contribution in [3.8, 4) is 6.07 Å². The highest BCUT2D eigenvalue weighted by Crippen LogP contribution is 2.29. The van der Waals surface area contributed by atoms with Gasteiger partial charge in [0.15, 0.2) is 0 Å². The zero-order valence-corrected chi connectivity index (χ0v) is 13.5. The topological polar surface area (TPSA) is 76.4 Å². The molecule has 0 spiro atoms. The lowest BCUT2D eigenvalue weighted by molar-refractivity contribution is 0.0916. The van der Waals surface area contributed by atoms with Crippen molar-refractivity contribution in [1.82, 2.24) is 5.32 Å². The number of aliphatic hydroxyl groups excluding tert-OH is 1.